The van der Waals surface area contributed by atoms with E-state index in [1.165, 1.54) is 32.4 Å². The Morgan fingerprint density at radius 3 is 2.62 bits per heavy atom. The van der Waals surface area contributed by atoms with Crippen molar-refractivity contribution >= 4 is 23.2 Å². The fourth-order valence-electron chi connectivity index (χ4n) is 5.05. The molecule has 4 rings (SSSR count). The van der Waals surface area contributed by atoms with Crippen molar-refractivity contribution < 1.29 is 9.59 Å². The Kier molecular flexibility index (Phi) is 7.63. The highest BCUT2D eigenvalue weighted by Gasteiger charge is 2.44. The molecule has 1 aromatic heterocycles. The highest BCUT2D eigenvalue weighted by Crippen LogP contribution is 2.44. The van der Waals surface area contributed by atoms with Gasteiger partial charge >= 0.3 is 0 Å². The van der Waals surface area contributed by atoms with Gasteiger partial charge in [-0.25, -0.2) is 0 Å². The van der Waals surface area contributed by atoms with Gasteiger partial charge in [0.2, 0.25) is 5.91 Å². The van der Waals surface area contributed by atoms with Gasteiger partial charge < -0.3 is 15.1 Å². The van der Waals surface area contributed by atoms with Gasteiger partial charge in [0.25, 0.3) is 5.91 Å². The number of benzene rings is 1. The molecule has 0 bridgehead atoms. The summed E-state index contributed by atoms with van der Waals surface area (Å²) in [7, 11) is 0. The minimum Gasteiger partial charge on any atom is -0.355 e. The monoisotopic (exact) mass is 453 g/mol. The Morgan fingerprint density at radius 1 is 1.12 bits per heavy atom. The summed E-state index contributed by atoms with van der Waals surface area (Å²) in [4.78, 5) is 32.6. The van der Waals surface area contributed by atoms with Crippen molar-refractivity contribution in [1.29, 1.82) is 0 Å². The van der Waals surface area contributed by atoms with Crippen molar-refractivity contribution in [2.24, 2.45) is 5.92 Å². The van der Waals surface area contributed by atoms with E-state index in [1.807, 2.05) is 40.6 Å². The second kappa shape index (κ2) is 10.6. The average Bonchev–Trinajstić information content (AvgIpc) is 3.33. The Hall–Kier alpha value is -2.18. The Bertz CT molecular complexity index is 906. The second-order valence-corrected chi connectivity index (χ2v) is 10.4. The molecule has 2 aliphatic rings. The lowest BCUT2D eigenvalue weighted by Gasteiger charge is -2.42. The van der Waals surface area contributed by atoms with Crippen LogP contribution in [0.15, 0.2) is 41.8 Å². The van der Waals surface area contributed by atoms with Crippen molar-refractivity contribution in [3.8, 4) is 0 Å². The van der Waals surface area contributed by atoms with Crippen molar-refractivity contribution in [2.45, 2.75) is 51.5 Å². The molecule has 2 aromatic rings. The van der Waals surface area contributed by atoms with E-state index in [-0.39, 0.29) is 17.9 Å². The Labute approximate surface area is 195 Å². The van der Waals surface area contributed by atoms with E-state index < -0.39 is 5.92 Å². The van der Waals surface area contributed by atoms with Crippen LogP contribution in [0.5, 0.6) is 0 Å². The minimum atomic E-state index is -0.392. The summed E-state index contributed by atoms with van der Waals surface area (Å²) in [6.07, 6.45) is 4.86. The summed E-state index contributed by atoms with van der Waals surface area (Å²) in [5, 5.41) is 5.24. The highest BCUT2D eigenvalue weighted by atomic mass is 32.1. The molecule has 6 heteroatoms. The first-order chi connectivity index (χ1) is 15.6. The van der Waals surface area contributed by atoms with Crippen LogP contribution >= 0.6 is 11.3 Å². The van der Waals surface area contributed by atoms with Crippen LogP contribution in [0.25, 0.3) is 0 Å². The number of nitrogens with one attached hydrogen (secondary N) is 1. The van der Waals surface area contributed by atoms with Crippen LogP contribution < -0.4 is 5.32 Å². The van der Waals surface area contributed by atoms with Gasteiger partial charge in [-0.05, 0) is 67.9 Å². The smallest absolute Gasteiger partial charge is 0.254 e. The number of rotatable bonds is 8. The van der Waals surface area contributed by atoms with Gasteiger partial charge in [0.05, 0.1) is 12.0 Å². The molecular formula is C26H35N3O2S. The van der Waals surface area contributed by atoms with Gasteiger partial charge in [-0.3, -0.25) is 9.59 Å². The maximum Gasteiger partial charge on any atom is 0.254 e. The quantitative estimate of drug-likeness (QED) is 0.591. The number of nitrogens with zero attached hydrogens (tertiary/aromatic N) is 2. The summed E-state index contributed by atoms with van der Waals surface area (Å²) >= 11 is 1.62. The number of thiophene rings is 1. The van der Waals surface area contributed by atoms with E-state index in [0.29, 0.717) is 24.6 Å². The number of hydrogen-bond donors (Lipinski definition) is 1. The zero-order valence-electron chi connectivity index (χ0n) is 19.3. The molecule has 0 aliphatic carbocycles. The first-order valence-corrected chi connectivity index (χ1v) is 12.9. The molecule has 1 fully saturated rings. The molecule has 172 valence electrons. The summed E-state index contributed by atoms with van der Waals surface area (Å²) in [6, 6.07) is 11.5. The molecule has 2 amide bonds. The Morgan fingerprint density at radius 2 is 1.91 bits per heavy atom. The number of piperidine rings is 1. The molecular weight excluding hydrogens is 418 g/mol. The third-order valence-electron chi connectivity index (χ3n) is 6.52. The first kappa shape index (κ1) is 23.0. The summed E-state index contributed by atoms with van der Waals surface area (Å²) in [5.74, 6) is -0.0196. The zero-order chi connectivity index (χ0) is 22.5. The second-order valence-electron chi connectivity index (χ2n) is 9.42. The fraction of sp³-hybridized carbons (Fsp3) is 0.538. The third-order valence-corrected chi connectivity index (χ3v) is 7.46. The van der Waals surface area contributed by atoms with Crippen LogP contribution in [0.4, 0.5) is 0 Å². The standard InChI is InChI=1S/C26H35N3O2S/c1-19(2)18-29-24(22-12-8-17-32-22)23(20-10-4-5-11-21(20)26(29)31)25(30)27-13-9-16-28-14-6-3-7-15-28/h4-5,8,10-12,17,19,23-24H,3,6-7,9,13-16,18H2,1-2H3,(H,27,30)/t23-,24-/m1/s1. The van der Waals surface area contributed by atoms with E-state index in [0.717, 1.165) is 23.4 Å². The van der Waals surface area contributed by atoms with E-state index >= 15 is 0 Å². The molecule has 0 spiro atoms. The van der Waals surface area contributed by atoms with Gasteiger partial charge in [0, 0.05) is 23.5 Å². The average molecular weight is 454 g/mol. The molecule has 3 heterocycles. The molecule has 0 unspecified atom stereocenters. The van der Waals surface area contributed by atoms with Gasteiger partial charge in [0.1, 0.15) is 0 Å². The molecule has 0 radical (unpaired) electrons. The van der Waals surface area contributed by atoms with Crippen LogP contribution in [0.1, 0.15) is 72.3 Å². The first-order valence-electron chi connectivity index (χ1n) is 12.0. The molecule has 0 saturated carbocycles. The molecule has 1 aromatic carbocycles. The van der Waals surface area contributed by atoms with Crippen molar-refractivity contribution in [3.63, 3.8) is 0 Å². The van der Waals surface area contributed by atoms with Crippen LogP contribution in [0.3, 0.4) is 0 Å². The number of hydrogen-bond acceptors (Lipinski definition) is 4. The molecule has 2 aliphatic heterocycles. The van der Waals surface area contributed by atoms with Gasteiger partial charge in [-0.1, -0.05) is 44.5 Å². The van der Waals surface area contributed by atoms with Crippen LogP contribution in [-0.2, 0) is 4.79 Å². The largest absolute Gasteiger partial charge is 0.355 e. The van der Waals surface area contributed by atoms with Gasteiger partial charge in [0.15, 0.2) is 0 Å². The van der Waals surface area contributed by atoms with Crippen LogP contribution in [0, 0.1) is 5.92 Å². The van der Waals surface area contributed by atoms with E-state index in [4.69, 9.17) is 0 Å². The molecule has 1 saturated heterocycles. The molecule has 5 nitrogen and oxygen atoms in total. The van der Waals surface area contributed by atoms with Crippen molar-refractivity contribution in [3.05, 3.63) is 57.8 Å². The van der Waals surface area contributed by atoms with Gasteiger partial charge in [-0.15, -0.1) is 11.3 Å². The molecule has 2 atom stereocenters. The lowest BCUT2D eigenvalue weighted by molar-refractivity contribution is -0.124. The summed E-state index contributed by atoms with van der Waals surface area (Å²) < 4.78 is 0. The van der Waals surface area contributed by atoms with E-state index in [1.54, 1.807) is 11.3 Å². The lowest BCUT2D eigenvalue weighted by atomic mass is 9.81. The topological polar surface area (TPSA) is 52.7 Å². The number of likely N-dealkylation sites (tertiary alicyclic amines) is 1. The predicted molar refractivity (Wildman–Crippen MR) is 130 cm³/mol. The number of carbonyl (C=O) groups is 2. The summed E-state index contributed by atoms with van der Waals surface area (Å²) in [6.45, 7) is 8.93. The maximum absolute atomic E-state index is 13.6. The highest BCUT2D eigenvalue weighted by molar-refractivity contribution is 7.10. The number of amides is 2. The third kappa shape index (κ3) is 5.07. The minimum absolute atomic E-state index is 0.0238. The van der Waals surface area contributed by atoms with Crippen molar-refractivity contribution in [1.82, 2.24) is 15.1 Å². The summed E-state index contributed by atoms with van der Waals surface area (Å²) in [5.41, 5.74) is 1.51. The van der Waals surface area contributed by atoms with Crippen LogP contribution in [0.2, 0.25) is 0 Å². The molecule has 32 heavy (non-hydrogen) atoms. The number of fused-ring (bicyclic) bond motifs is 1. The maximum atomic E-state index is 13.6. The molecule has 1 N–H and O–H groups in total. The zero-order valence-corrected chi connectivity index (χ0v) is 20.1. The SMILES string of the molecule is CC(C)CN1C(=O)c2ccccc2[C@@H](C(=O)NCCCN2CCCCC2)[C@H]1c1cccs1. The number of carbonyl (C=O) groups excluding carboxylic acids is 2. The van der Waals surface area contributed by atoms with Crippen LogP contribution in [-0.4, -0.2) is 54.3 Å². The van der Waals surface area contributed by atoms with E-state index in [9.17, 15) is 9.59 Å². The van der Waals surface area contributed by atoms with Crippen molar-refractivity contribution in [2.75, 3.05) is 32.7 Å². The Balaban J connectivity index is 1.55. The fourth-order valence-corrected chi connectivity index (χ4v) is 5.93. The lowest BCUT2D eigenvalue weighted by Crippen LogP contribution is -2.48. The normalized spacial score (nSPS) is 21.6. The van der Waals surface area contributed by atoms with Gasteiger partial charge in [-0.2, -0.15) is 0 Å². The van der Waals surface area contributed by atoms with E-state index in [2.05, 4.69) is 30.1 Å². The predicted octanol–water partition coefficient (Wildman–Crippen LogP) is 4.68.